The molecule has 0 aliphatic heterocycles. The lowest BCUT2D eigenvalue weighted by molar-refractivity contribution is -0.384. The van der Waals surface area contributed by atoms with Gasteiger partial charge in [0, 0.05) is 17.8 Å². The molecule has 0 unspecified atom stereocenters. The van der Waals surface area contributed by atoms with Crippen molar-refractivity contribution in [3.63, 3.8) is 0 Å². The highest BCUT2D eigenvalue weighted by atomic mass is 16.6. The number of nitro benzene ring substituents is 1. The number of hydrogen-bond acceptors (Lipinski definition) is 6. The van der Waals surface area contributed by atoms with E-state index in [-0.39, 0.29) is 16.9 Å². The van der Waals surface area contributed by atoms with E-state index in [9.17, 15) is 14.9 Å². The number of nitrogen functional groups attached to an aromatic ring is 1. The number of methoxy groups -OCH3 is 1. The van der Waals surface area contributed by atoms with Gasteiger partial charge < -0.3 is 10.5 Å². The fourth-order valence-electron chi connectivity index (χ4n) is 1.79. The Kier molecular flexibility index (Phi) is 4.88. The zero-order valence-electron chi connectivity index (χ0n) is 12.2. The topological polar surface area (TPSA) is 120 Å². The summed E-state index contributed by atoms with van der Waals surface area (Å²) in [5, 5.41) is 14.6. The Labute approximate surface area is 131 Å². The molecular formula is C15H14N4O4. The molecule has 0 aromatic heterocycles. The summed E-state index contributed by atoms with van der Waals surface area (Å²) in [5.41, 5.74) is 8.52. The summed E-state index contributed by atoms with van der Waals surface area (Å²) in [6.07, 6.45) is 1.44. The lowest BCUT2D eigenvalue weighted by atomic mass is 10.1. The first-order valence-electron chi connectivity index (χ1n) is 6.52. The highest BCUT2D eigenvalue weighted by Crippen LogP contribution is 2.18. The lowest BCUT2D eigenvalue weighted by Gasteiger charge is -2.02. The third kappa shape index (κ3) is 4.27. The van der Waals surface area contributed by atoms with Crippen LogP contribution in [0.15, 0.2) is 47.6 Å². The van der Waals surface area contributed by atoms with Crippen LogP contribution in [0.5, 0.6) is 5.75 Å². The number of benzene rings is 2. The van der Waals surface area contributed by atoms with E-state index >= 15 is 0 Å². The van der Waals surface area contributed by atoms with Crippen LogP contribution < -0.4 is 15.9 Å². The van der Waals surface area contributed by atoms with Gasteiger partial charge >= 0.3 is 0 Å². The number of nitrogens with zero attached hydrogens (tertiary/aromatic N) is 2. The quantitative estimate of drug-likeness (QED) is 0.378. The molecule has 118 valence electrons. The van der Waals surface area contributed by atoms with Gasteiger partial charge in [0.1, 0.15) is 5.75 Å². The molecule has 0 bridgehead atoms. The van der Waals surface area contributed by atoms with Crippen LogP contribution in [0, 0.1) is 10.1 Å². The molecule has 8 nitrogen and oxygen atoms in total. The summed E-state index contributed by atoms with van der Waals surface area (Å²) in [7, 11) is 1.56. The molecule has 0 radical (unpaired) electrons. The first kappa shape index (κ1) is 16.0. The van der Waals surface area contributed by atoms with Gasteiger partial charge in [-0.1, -0.05) is 0 Å². The Morgan fingerprint density at radius 1 is 1.30 bits per heavy atom. The minimum Gasteiger partial charge on any atom is -0.497 e. The largest absolute Gasteiger partial charge is 0.497 e. The number of anilines is 1. The molecule has 0 saturated carbocycles. The number of nitrogens with two attached hydrogens (primary N) is 1. The van der Waals surface area contributed by atoms with Gasteiger partial charge in [-0.15, -0.1) is 0 Å². The normalized spacial score (nSPS) is 10.5. The second kappa shape index (κ2) is 7.03. The zero-order chi connectivity index (χ0) is 16.8. The number of amides is 1. The highest BCUT2D eigenvalue weighted by Gasteiger charge is 2.13. The van der Waals surface area contributed by atoms with Crippen molar-refractivity contribution in [2.24, 2.45) is 5.10 Å². The standard InChI is InChI=1S/C15H14N4O4/c1-23-14-4-2-10(3-5-14)9-17-18-15(20)11-6-12(16)8-13(7-11)19(21)22/h2-9H,16H2,1H3,(H,18,20)/b17-9+. The molecule has 2 aromatic carbocycles. The molecule has 0 atom stereocenters. The van der Waals surface area contributed by atoms with E-state index in [1.165, 1.54) is 18.3 Å². The van der Waals surface area contributed by atoms with Crippen molar-refractivity contribution >= 4 is 23.5 Å². The van der Waals surface area contributed by atoms with Crippen LogP contribution in [0.1, 0.15) is 15.9 Å². The van der Waals surface area contributed by atoms with Gasteiger partial charge in [-0.25, -0.2) is 5.43 Å². The number of carbonyl (C=O) groups is 1. The van der Waals surface area contributed by atoms with E-state index in [0.29, 0.717) is 5.75 Å². The van der Waals surface area contributed by atoms with Crippen molar-refractivity contribution in [1.29, 1.82) is 0 Å². The average molecular weight is 314 g/mol. The number of carbonyl (C=O) groups excluding carboxylic acids is 1. The Morgan fingerprint density at radius 2 is 2.00 bits per heavy atom. The second-order valence-electron chi connectivity index (χ2n) is 4.54. The molecule has 0 saturated heterocycles. The minimum absolute atomic E-state index is 0.0589. The summed E-state index contributed by atoms with van der Waals surface area (Å²) in [6.45, 7) is 0. The molecule has 0 spiro atoms. The third-order valence-corrected chi connectivity index (χ3v) is 2.91. The molecule has 23 heavy (non-hydrogen) atoms. The number of non-ortho nitro benzene ring substituents is 1. The first-order valence-corrected chi connectivity index (χ1v) is 6.52. The number of hydrogen-bond donors (Lipinski definition) is 2. The van der Waals surface area contributed by atoms with Gasteiger partial charge in [-0.2, -0.15) is 5.10 Å². The molecule has 2 rings (SSSR count). The summed E-state index contributed by atoms with van der Waals surface area (Å²) < 4.78 is 5.03. The first-order chi connectivity index (χ1) is 11.0. The summed E-state index contributed by atoms with van der Waals surface area (Å²) in [6, 6.07) is 10.7. The maximum atomic E-state index is 11.9. The van der Waals surface area contributed by atoms with Crippen LogP contribution in [0.2, 0.25) is 0 Å². The van der Waals surface area contributed by atoms with Crippen molar-refractivity contribution < 1.29 is 14.5 Å². The van der Waals surface area contributed by atoms with Crippen LogP contribution >= 0.6 is 0 Å². The van der Waals surface area contributed by atoms with Crippen LogP contribution in [0.3, 0.4) is 0 Å². The molecule has 1 amide bonds. The Morgan fingerprint density at radius 3 is 2.61 bits per heavy atom. The fourth-order valence-corrected chi connectivity index (χ4v) is 1.79. The lowest BCUT2D eigenvalue weighted by Crippen LogP contribution is -2.18. The summed E-state index contributed by atoms with van der Waals surface area (Å²) >= 11 is 0. The molecular weight excluding hydrogens is 300 g/mol. The maximum Gasteiger partial charge on any atom is 0.272 e. The van der Waals surface area contributed by atoms with Crippen LogP contribution in [-0.2, 0) is 0 Å². The number of rotatable bonds is 5. The summed E-state index contributed by atoms with van der Waals surface area (Å²) in [4.78, 5) is 22.1. The van der Waals surface area contributed by atoms with Crippen molar-refractivity contribution in [2.75, 3.05) is 12.8 Å². The molecule has 3 N–H and O–H groups in total. The average Bonchev–Trinajstić information content (AvgIpc) is 2.54. The smallest absolute Gasteiger partial charge is 0.272 e. The van der Waals surface area contributed by atoms with Crippen LogP contribution in [0.25, 0.3) is 0 Å². The number of ether oxygens (including phenoxy) is 1. The van der Waals surface area contributed by atoms with E-state index < -0.39 is 10.8 Å². The summed E-state index contributed by atoms with van der Waals surface area (Å²) in [5.74, 6) is 0.114. The van der Waals surface area contributed by atoms with E-state index in [1.54, 1.807) is 31.4 Å². The van der Waals surface area contributed by atoms with Gasteiger partial charge in [-0.05, 0) is 35.9 Å². The molecule has 0 fully saturated rings. The van der Waals surface area contributed by atoms with E-state index in [0.717, 1.165) is 11.6 Å². The van der Waals surface area contributed by atoms with Crippen LogP contribution in [-0.4, -0.2) is 24.2 Å². The Balaban J connectivity index is 2.06. The minimum atomic E-state index is -0.617. The predicted octanol–water partition coefficient (Wildman–Crippen LogP) is 1.95. The molecule has 0 heterocycles. The molecule has 0 aliphatic rings. The van der Waals surface area contributed by atoms with E-state index in [4.69, 9.17) is 10.5 Å². The van der Waals surface area contributed by atoms with Crippen molar-refractivity contribution in [2.45, 2.75) is 0 Å². The highest BCUT2D eigenvalue weighted by molar-refractivity contribution is 5.96. The third-order valence-electron chi connectivity index (χ3n) is 2.91. The number of nitrogens with one attached hydrogen (secondary N) is 1. The monoisotopic (exact) mass is 314 g/mol. The Bertz CT molecular complexity index is 757. The van der Waals surface area contributed by atoms with Gasteiger partial charge in [0.15, 0.2) is 0 Å². The maximum absolute atomic E-state index is 11.9. The van der Waals surface area contributed by atoms with Gasteiger partial charge in [0.25, 0.3) is 11.6 Å². The Hall–Kier alpha value is -3.42. The fraction of sp³-hybridized carbons (Fsp3) is 0.0667. The molecule has 2 aromatic rings. The molecule has 0 aliphatic carbocycles. The second-order valence-corrected chi connectivity index (χ2v) is 4.54. The van der Waals surface area contributed by atoms with E-state index in [2.05, 4.69) is 10.5 Å². The van der Waals surface area contributed by atoms with Crippen molar-refractivity contribution in [3.05, 3.63) is 63.7 Å². The van der Waals surface area contributed by atoms with Gasteiger partial charge in [0.05, 0.1) is 23.8 Å². The van der Waals surface area contributed by atoms with Crippen molar-refractivity contribution in [1.82, 2.24) is 5.43 Å². The van der Waals surface area contributed by atoms with E-state index in [1.807, 2.05) is 0 Å². The number of nitro groups is 1. The van der Waals surface area contributed by atoms with Gasteiger partial charge in [0.2, 0.25) is 0 Å². The van der Waals surface area contributed by atoms with Gasteiger partial charge in [-0.3, -0.25) is 14.9 Å². The van der Waals surface area contributed by atoms with Crippen LogP contribution in [0.4, 0.5) is 11.4 Å². The number of hydrazone groups is 1. The predicted molar refractivity (Wildman–Crippen MR) is 85.6 cm³/mol. The van der Waals surface area contributed by atoms with Crippen molar-refractivity contribution in [3.8, 4) is 5.75 Å². The SMILES string of the molecule is COc1ccc(/C=N/NC(=O)c2cc(N)cc([N+](=O)[O-])c2)cc1. The molecule has 8 heteroatoms. The zero-order valence-corrected chi connectivity index (χ0v) is 12.2.